The fourth-order valence-corrected chi connectivity index (χ4v) is 4.09. The molecular weight excluding hydrogens is 346 g/mol. The van der Waals surface area contributed by atoms with E-state index in [0.29, 0.717) is 0 Å². The monoisotopic (exact) mass is 361 g/mol. The minimum absolute atomic E-state index is 0.0525. The van der Waals surface area contributed by atoms with Crippen LogP contribution in [0.4, 0.5) is 5.69 Å². The van der Waals surface area contributed by atoms with Crippen molar-refractivity contribution in [2.24, 2.45) is 0 Å². The van der Waals surface area contributed by atoms with Gasteiger partial charge in [-0.3, -0.25) is 0 Å². The summed E-state index contributed by atoms with van der Waals surface area (Å²) in [7, 11) is 3.61. The molecule has 1 unspecified atom stereocenters. The number of rotatable bonds is 3. The third-order valence-corrected chi connectivity index (χ3v) is 5.17. The minimum Gasteiger partial charge on any atom is -0.466 e. The van der Waals surface area contributed by atoms with Gasteiger partial charge in [-0.15, -0.1) is 0 Å². The fourth-order valence-electron chi connectivity index (χ4n) is 2.78. The van der Waals surface area contributed by atoms with Gasteiger partial charge >= 0.3 is 17.9 Å². The minimum atomic E-state index is -0.798. The van der Waals surface area contributed by atoms with Crippen LogP contribution in [0.5, 0.6) is 0 Å². The number of para-hydroxylation sites is 1. The molecule has 0 N–H and O–H groups in total. The third kappa shape index (κ3) is 2.68. The van der Waals surface area contributed by atoms with Crippen LogP contribution < -0.4 is 4.90 Å². The van der Waals surface area contributed by atoms with E-state index in [1.807, 2.05) is 24.3 Å². The van der Waals surface area contributed by atoms with Crippen molar-refractivity contribution in [1.82, 2.24) is 0 Å². The standard InChI is InChI=1S/C17H15NO6S/c1-22-15(19)9-8-18-10-6-4-5-7-11(10)25-14(18)13(17(21)24-3)12(9)16(20)23-2/h4-8,14H,1-3H3. The maximum absolute atomic E-state index is 12.4. The molecule has 2 aliphatic heterocycles. The van der Waals surface area contributed by atoms with E-state index in [1.54, 1.807) is 4.90 Å². The highest BCUT2D eigenvalue weighted by molar-refractivity contribution is 8.00. The summed E-state index contributed by atoms with van der Waals surface area (Å²) >= 11 is 1.39. The van der Waals surface area contributed by atoms with Crippen molar-refractivity contribution < 1.29 is 28.6 Å². The van der Waals surface area contributed by atoms with Crippen molar-refractivity contribution in [3.8, 4) is 0 Å². The summed E-state index contributed by atoms with van der Waals surface area (Å²) in [5, 5.41) is -0.535. The molecule has 1 atom stereocenters. The number of hydrogen-bond donors (Lipinski definition) is 0. The maximum atomic E-state index is 12.4. The van der Waals surface area contributed by atoms with Gasteiger partial charge in [0, 0.05) is 11.1 Å². The Bertz CT molecular complexity index is 828. The summed E-state index contributed by atoms with van der Waals surface area (Å²) in [6.07, 6.45) is 1.51. The number of carbonyl (C=O) groups is 3. The Morgan fingerprint density at radius 3 is 2.24 bits per heavy atom. The van der Waals surface area contributed by atoms with Gasteiger partial charge in [-0.05, 0) is 12.1 Å². The van der Waals surface area contributed by atoms with Crippen molar-refractivity contribution in [3.05, 3.63) is 47.2 Å². The second kappa shape index (κ2) is 6.64. The van der Waals surface area contributed by atoms with E-state index in [9.17, 15) is 14.4 Å². The zero-order valence-electron chi connectivity index (χ0n) is 13.8. The zero-order valence-corrected chi connectivity index (χ0v) is 14.6. The number of benzene rings is 1. The maximum Gasteiger partial charge on any atom is 0.340 e. The molecule has 1 aromatic rings. The second-order valence-corrected chi connectivity index (χ2v) is 6.27. The molecule has 0 saturated heterocycles. The van der Waals surface area contributed by atoms with Gasteiger partial charge in [0.2, 0.25) is 0 Å². The number of hydrogen-bond acceptors (Lipinski definition) is 8. The second-order valence-electron chi connectivity index (χ2n) is 5.15. The number of esters is 3. The molecule has 0 amide bonds. The van der Waals surface area contributed by atoms with Crippen molar-refractivity contribution >= 4 is 35.4 Å². The highest BCUT2D eigenvalue weighted by Crippen LogP contribution is 2.49. The van der Waals surface area contributed by atoms with Crippen LogP contribution in [-0.4, -0.2) is 44.6 Å². The lowest BCUT2D eigenvalue weighted by Gasteiger charge is -2.30. The normalized spacial score (nSPS) is 18.1. The quantitative estimate of drug-likeness (QED) is 0.594. The Labute approximate surface area is 148 Å². The molecule has 0 radical (unpaired) electrons. The summed E-state index contributed by atoms with van der Waals surface area (Å²) in [5.74, 6) is -2.24. The van der Waals surface area contributed by atoms with Gasteiger partial charge in [0.05, 0.1) is 43.7 Å². The number of fused-ring (bicyclic) bond motifs is 3. The number of ether oxygens (including phenoxy) is 3. The molecule has 25 heavy (non-hydrogen) atoms. The zero-order chi connectivity index (χ0) is 18.1. The van der Waals surface area contributed by atoms with E-state index >= 15 is 0 Å². The SMILES string of the molecule is COC(=O)C1=CN2c3ccccc3SC2C(C(=O)OC)=C1C(=O)OC. The molecule has 130 valence electrons. The Morgan fingerprint density at radius 2 is 1.60 bits per heavy atom. The summed E-state index contributed by atoms with van der Waals surface area (Å²) in [6.45, 7) is 0. The van der Waals surface area contributed by atoms with Crippen LogP contribution in [0.3, 0.4) is 0 Å². The average Bonchev–Trinajstić information content (AvgIpc) is 3.02. The van der Waals surface area contributed by atoms with Crippen molar-refractivity contribution in [2.75, 3.05) is 26.2 Å². The van der Waals surface area contributed by atoms with E-state index in [0.717, 1.165) is 10.6 Å². The van der Waals surface area contributed by atoms with Gasteiger partial charge in [0.1, 0.15) is 5.37 Å². The highest BCUT2D eigenvalue weighted by atomic mass is 32.2. The molecule has 7 nitrogen and oxygen atoms in total. The van der Waals surface area contributed by atoms with Crippen molar-refractivity contribution in [1.29, 1.82) is 0 Å². The molecule has 0 aromatic heterocycles. The molecule has 2 aliphatic rings. The van der Waals surface area contributed by atoms with Gasteiger partial charge in [-0.25, -0.2) is 14.4 Å². The Hall–Kier alpha value is -2.74. The van der Waals surface area contributed by atoms with E-state index in [-0.39, 0.29) is 16.7 Å². The smallest absolute Gasteiger partial charge is 0.340 e. The first kappa shape index (κ1) is 17.1. The molecule has 0 aliphatic carbocycles. The molecule has 3 rings (SSSR count). The lowest BCUT2D eigenvalue weighted by molar-refractivity contribution is -0.140. The van der Waals surface area contributed by atoms with Crippen LogP contribution in [0, 0.1) is 0 Å². The summed E-state index contributed by atoms with van der Waals surface area (Å²) in [6, 6.07) is 7.49. The molecule has 8 heteroatoms. The van der Waals surface area contributed by atoms with Gasteiger partial charge in [0.25, 0.3) is 0 Å². The van der Waals surface area contributed by atoms with Crippen LogP contribution in [0.2, 0.25) is 0 Å². The molecule has 0 bridgehead atoms. The first-order valence-electron chi connectivity index (χ1n) is 7.28. The molecule has 1 aromatic carbocycles. The Kier molecular flexibility index (Phi) is 4.54. The average molecular weight is 361 g/mol. The lowest BCUT2D eigenvalue weighted by atomic mass is 9.96. The van der Waals surface area contributed by atoms with E-state index in [2.05, 4.69) is 0 Å². The van der Waals surface area contributed by atoms with Gasteiger partial charge in [0.15, 0.2) is 0 Å². The summed E-state index contributed by atoms with van der Waals surface area (Å²) < 4.78 is 14.4. The van der Waals surface area contributed by atoms with E-state index in [1.165, 1.54) is 39.3 Å². The Balaban J connectivity index is 2.25. The van der Waals surface area contributed by atoms with Crippen molar-refractivity contribution in [2.45, 2.75) is 10.3 Å². The number of carbonyl (C=O) groups excluding carboxylic acids is 3. The predicted molar refractivity (Wildman–Crippen MR) is 89.7 cm³/mol. The largest absolute Gasteiger partial charge is 0.466 e. The van der Waals surface area contributed by atoms with E-state index in [4.69, 9.17) is 14.2 Å². The summed E-state index contributed by atoms with van der Waals surface area (Å²) in [5.41, 5.74) is 0.689. The van der Waals surface area contributed by atoms with Crippen molar-refractivity contribution in [3.63, 3.8) is 0 Å². The molecular formula is C17H15NO6S. The molecule has 0 saturated carbocycles. The topological polar surface area (TPSA) is 82.1 Å². The number of methoxy groups -OCH3 is 3. The lowest BCUT2D eigenvalue weighted by Crippen LogP contribution is -2.38. The highest BCUT2D eigenvalue weighted by Gasteiger charge is 2.44. The number of nitrogens with zero attached hydrogens (tertiary/aromatic N) is 1. The predicted octanol–water partition coefficient (Wildman–Crippen LogP) is 1.64. The number of anilines is 1. The van der Waals surface area contributed by atoms with Crippen LogP contribution in [-0.2, 0) is 28.6 Å². The Morgan fingerprint density at radius 1 is 0.960 bits per heavy atom. The fraction of sp³-hybridized carbons (Fsp3) is 0.235. The molecule has 0 spiro atoms. The van der Waals surface area contributed by atoms with Crippen LogP contribution >= 0.6 is 11.8 Å². The van der Waals surface area contributed by atoms with Gasteiger partial charge in [-0.2, -0.15) is 0 Å². The third-order valence-electron chi connectivity index (χ3n) is 3.89. The van der Waals surface area contributed by atoms with Gasteiger partial charge in [-0.1, -0.05) is 23.9 Å². The van der Waals surface area contributed by atoms with Crippen LogP contribution in [0.1, 0.15) is 0 Å². The number of thioether (sulfide) groups is 1. The first-order valence-corrected chi connectivity index (χ1v) is 8.16. The van der Waals surface area contributed by atoms with Gasteiger partial charge < -0.3 is 19.1 Å². The molecule has 2 heterocycles. The first-order chi connectivity index (χ1) is 12.0. The van der Waals surface area contributed by atoms with Crippen LogP contribution in [0.15, 0.2) is 52.1 Å². The molecule has 0 fully saturated rings. The van der Waals surface area contributed by atoms with E-state index < -0.39 is 23.3 Å². The summed E-state index contributed by atoms with van der Waals surface area (Å²) in [4.78, 5) is 39.7. The van der Waals surface area contributed by atoms with Crippen LogP contribution in [0.25, 0.3) is 0 Å².